The molecule has 1 N–H and O–H groups in total. The number of rotatable bonds is 2. The van der Waals surface area contributed by atoms with Gasteiger partial charge in [-0.2, -0.15) is 0 Å². The molecular formula is C10H8Br2OS. The summed E-state index contributed by atoms with van der Waals surface area (Å²) in [5.41, 5.74) is 2.16. The van der Waals surface area contributed by atoms with E-state index in [-0.39, 0.29) is 6.61 Å². The van der Waals surface area contributed by atoms with Gasteiger partial charge in [-0.15, -0.1) is 11.3 Å². The van der Waals surface area contributed by atoms with Gasteiger partial charge in [-0.1, -0.05) is 31.9 Å². The molecule has 1 aromatic carbocycles. The van der Waals surface area contributed by atoms with E-state index in [0.717, 1.165) is 15.4 Å². The summed E-state index contributed by atoms with van der Waals surface area (Å²) >= 11 is 8.66. The van der Waals surface area contributed by atoms with Crippen molar-refractivity contribution in [1.82, 2.24) is 0 Å². The van der Waals surface area contributed by atoms with Crippen molar-refractivity contribution in [2.24, 2.45) is 0 Å². The average molecular weight is 336 g/mol. The first-order chi connectivity index (χ1) is 6.77. The van der Waals surface area contributed by atoms with Gasteiger partial charge in [-0.3, -0.25) is 0 Å². The van der Waals surface area contributed by atoms with Crippen LogP contribution in [-0.4, -0.2) is 5.11 Å². The second kappa shape index (κ2) is 4.31. The molecule has 1 nitrogen and oxygen atoms in total. The predicted octanol–water partition coefficient (Wildman–Crippen LogP) is 4.05. The van der Waals surface area contributed by atoms with Crippen LogP contribution in [0.1, 0.15) is 11.1 Å². The summed E-state index contributed by atoms with van der Waals surface area (Å²) in [5.74, 6) is 0. The largest absolute Gasteiger partial charge is 0.392 e. The average Bonchev–Trinajstić information content (AvgIpc) is 2.62. The Morgan fingerprint density at radius 1 is 1.36 bits per heavy atom. The fourth-order valence-corrected chi connectivity index (χ4v) is 3.76. The zero-order valence-corrected chi connectivity index (χ0v) is 11.2. The van der Waals surface area contributed by atoms with Crippen LogP contribution >= 0.6 is 43.2 Å². The van der Waals surface area contributed by atoms with E-state index in [9.17, 15) is 5.11 Å². The molecule has 0 amide bonds. The molecule has 0 saturated heterocycles. The first kappa shape index (κ1) is 10.6. The van der Waals surface area contributed by atoms with Crippen LogP contribution in [0.5, 0.6) is 0 Å². The van der Waals surface area contributed by atoms with Crippen LogP contribution in [0.3, 0.4) is 0 Å². The van der Waals surface area contributed by atoms with Crippen LogP contribution in [0.4, 0.5) is 0 Å². The Morgan fingerprint density at radius 2 is 2.14 bits per heavy atom. The van der Waals surface area contributed by atoms with Crippen molar-refractivity contribution in [1.29, 1.82) is 0 Å². The van der Waals surface area contributed by atoms with Crippen molar-refractivity contribution in [3.05, 3.63) is 33.1 Å². The number of thiophene rings is 1. The smallest absolute Gasteiger partial charge is 0.0696 e. The number of halogens is 2. The summed E-state index contributed by atoms with van der Waals surface area (Å²) in [6.07, 6.45) is 0. The molecule has 0 saturated carbocycles. The monoisotopic (exact) mass is 334 g/mol. The number of fused-ring (bicyclic) bond motifs is 1. The van der Waals surface area contributed by atoms with Crippen molar-refractivity contribution < 1.29 is 5.11 Å². The normalized spacial score (nSPS) is 11.1. The Kier molecular flexibility index (Phi) is 3.27. The minimum Gasteiger partial charge on any atom is -0.392 e. The third-order valence-corrected chi connectivity index (χ3v) is 4.35. The number of aliphatic hydroxyl groups excluding tert-OH is 1. The Labute approximate surface area is 103 Å². The predicted molar refractivity (Wildman–Crippen MR) is 68.1 cm³/mol. The van der Waals surface area contributed by atoms with Gasteiger partial charge in [0.15, 0.2) is 0 Å². The molecule has 74 valence electrons. The van der Waals surface area contributed by atoms with Gasteiger partial charge >= 0.3 is 0 Å². The van der Waals surface area contributed by atoms with E-state index in [1.54, 1.807) is 11.3 Å². The van der Waals surface area contributed by atoms with Gasteiger partial charge in [0.2, 0.25) is 0 Å². The van der Waals surface area contributed by atoms with E-state index >= 15 is 0 Å². The van der Waals surface area contributed by atoms with Crippen LogP contribution in [0, 0.1) is 0 Å². The SMILES string of the molecule is OCc1c(Br)cc2sccc2c1CBr. The lowest BCUT2D eigenvalue weighted by molar-refractivity contribution is 0.280. The summed E-state index contributed by atoms with van der Waals surface area (Å²) in [6.45, 7) is 0.0767. The molecule has 0 fully saturated rings. The number of alkyl halides is 1. The summed E-state index contributed by atoms with van der Waals surface area (Å²) in [6, 6.07) is 4.17. The zero-order valence-electron chi connectivity index (χ0n) is 7.26. The molecule has 2 aromatic rings. The van der Waals surface area contributed by atoms with Gasteiger partial charge in [0.1, 0.15) is 0 Å². The summed E-state index contributed by atoms with van der Waals surface area (Å²) in [7, 11) is 0. The zero-order chi connectivity index (χ0) is 10.1. The maximum atomic E-state index is 9.28. The highest BCUT2D eigenvalue weighted by Gasteiger charge is 2.10. The van der Waals surface area contributed by atoms with Gasteiger partial charge in [-0.25, -0.2) is 0 Å². The van der Waals surface area contributed by atoms with Crippen LogP contribution < -0.4 is 0 Å². The maximum absolute atomic E-state index is 9.28. The van der Waals surface area contributed by atoms with Gasteiger partial charge in [0, 0.05) is 14.5 Å². The van der Waals surface area contributed by atoms with Crippen molar-refractivity contribution in [2.75, 3.05) is 0 Å². The fourth-order valence-electron chi connectivity index (χ4n) is 1.51. The topological polar surface area (TPSA) is 20.2 Å². The molecule has 14 heavy (non-hydrogen) atoms. The summed E-state index contributed by atoms with van der Waals surface area (Å²) < 4.78 is 2.24. The Bertz CT molecular complexity index is 464. The second-order valence-electron chi connectivity index (χ2n) is 2.94. The number of aliphatic hydroxyl groups is 1. The third-order valence-electron chi connectivity index (χ3n) is 2.22. The number of hydrogen-bond acceptors (Lipinski definition) is 2. The molecule has 0 aliphatic heterocycles. The van der Waals surface area contributed by atoms with Gasteiger partial charge < -0.3 is 5.11 Å². The number of hydrogen-bond donors (Lipinski definition) is 1. The molecule has 0 bridgehead atoms. The molecule has 0 atom stereocenters. The van der Waals surface area contributed by atoms with E-state index in [0.29, 0.717) is 0 Å². The van der Waals surface area contributed by atoms with E-state index in [4.69, 9.17) is 0 Å². The first-order valence-electron chi connectivity index (χ1n) is 4.12. The van der Waals surface area contributed by atoms with E-state index < -0.39 is 0 Å². The van der Waals surface area contributed by atoms with Crippen LogP contribution in [-0.2, 0) is 11.9 Å². The lowest BCUT2D eigenvalue weighted by Gasteiger charge is -2.08. The maximum Gasteiger partial charge on any atom is 0.0696 e. The number of benzene rings is 1. The van der Waals surface area contributed by atoms with Gasteiger partial charge in [-0.05, 0) is 34.0 Å². The molecule has 0 aliphatic carbocycles. The third kappa shape index (κ3) is 1.65. The Hall–Kier alpha value is 0.1000. The molecule has 4 heteroatoms. The van der Waals surface area contributed by atoms with Gasteiger partial charge in [0.05, 0.1) is 6.61 Å². The van der Waals surface area contributed by atoms with E-state index in [2.05, 4.69) is 49.4 Å². The lowest BCUT2D eigenvalue weighted by atomic mass is 10.1. The van der Waals surface area contributed by atoms with Crippen LogP contribution in [0.15, 0.2) is 22.0 Å². The molecule has 0 unspecified atom stereocenters. The van der Waals surface area contributed by atoms with Crippen molar-refractivity contribution in [3.8, 4) is 0 Å². The second-order valence-corrected chi connectivity index (χ2v) is 5.30. The highest BCUT2D eigenvalue weighted by Crippen LogP contribution is 2.33. The molecule has 1 aromatic heterocycles. The molecule has 2 rings (SSSR count). The van der Waals surface area contributed by atoms with Crippen molar-refractivity contribution in [3.63, 3.8) is 0 Å². The fraction of sp³-hybridized carbons (Fsp3) is 0.200. The Balaban J connectivity index is 2.82. The minimum absolute atomic E-state index is 0.0767. The van der Waals surface area contributed by atoms with Gasteiger partial charge in [0.25, 0.3) is 0 Å². The standard InChI is InChI=1S/C10H8Br2OS/c11-4-7-6-1-2-14-10(6)3-9(12)8(7)5-13/h1-3,13H,4-5H2. The first-order valence-corrected chi connectivity index (χ1v) is 6.91. The van der Waals surface area contributed by atoms with E-state index in [1.165, 1.54) is 15.6 Å². The van der Waals surface area contributed by atoms with Crippen molar-refractivity contribution >= 4 is 53.3 Å². The molecule has 1 heterocycles. The Morgan fingerprint density at radius 3 is 2.79 bits per heavy atom. The lowest BCUT2D eigenvalue weighted by Crippen LogP contribution is -1.93. The van der Waals surface area contributed by atoms with Crippen molar-refractivity contribution in [2.45, 2.75) is 11.9 Å². The quantitative estimate of drug-likeness (QED) is 0.821. The van der Waals surface area contributed by atoms with Crippen LogP contribution in [0.25, 0.3) is 10.1 Å². The highest BCUT2D eigenvalue weighted by molar-refractivity contribution is 9.10. The summed E-state index contributed by atoms with van der Waals surface area (Å²) in [4.78, 5) is 0. The molecule has 0 spiro atoms. The van der Waals surface area contributed by atoms with E-state index in [1.807, 2.05) is 0 Å². The summed E-state index contributed by atoms with van der Waals surface area (Å²) in [5, 5.41) is 13.4. The minimum atomic E-state index is 0.0767. The highest BCUT2D eigenvalue weighted by atomic mass is 79.9. The molecule has 0 radical (unpaired) electrons. The molecule has 0 aliphatic rings. The molecular weight excluding hydrogens is 328 g/mol. The van der Waals surface area contributed by atoms with Crippen LogP contribution in [0.2, 0.25) is 0 Å².